The summed E-state index contributed by atoms with van der Waals surface area (Å²) < 4.78 is 5.42. The molecular formula is C15H18N4OS. The summed E-state index contributed by atoms with van der Waals surface area (Å²) in [4.78, 5) is 12.3. The molecule has 0 saturated carbocycles. The smallest absolute Gasteiger partial charge is 0.226 e. The fourth-order valence-corrected chi connectivity index (χ4v) is 2.92. The van der Waals surface area contributed by atoms with Gasteiger partial charge in [-0.2, -0.15) is 4.98 Å². The zero-order valence-electron chi connectivity index (χ0n) is 12.2. The van der Waals surface area contributed by atoms with Gasteiger partial charge in [-0.1, -0.05) is 6.92 Å². The van der Waals surface area contributed by atoms with E-state index in [1.54, 1.807) is 17.6 Å². The fourth-order valence-electron chi connectivity index (χ4n) is 2.16. The van der Waals surface area contributed by atoms with Gasteiger partial charge < -0.3 is 14.6 Å². The molecule has 0 unspecified atom stereocenters. The Hall–Kier alpha value is -2.08. The molecule has 6 heteroatoms. The summed E-state index contributed by atoms with van der Waals surface area (Å²) in [6.45, 7) is 3.68. The average Bonchev–Trinajstić information content (AvgIpc) is 3.14. The van der Waals surface area contributed by atoms with Crippen LogP contribution >= 0.6 is 11.3 Å². The van der Waals surface area contributed by atoms with E-state index in [9.17, 15) is 0 Å². The van der Waals surface area contributed by atoms with Crippen LogP contribution in [0.25, 0.3) is 10.2 Å². The summed E-state index contributed by atoms with van der Waals surface area (Å²) in [7, 11) is 2.02. The number of furan rings is 1. The van der Waals surface area contributed by atoms with Crippen molar-refractivity contribution in [2.24, 2.45) is 0 Å². The Kier molecular flexibility index (Phi) is 4.06. The highest BCUT2D eigenvalue weighted by Crippen LogP contribution is 2.29. The van der Waals surface area contributed by atoms with E-state index in [1.165, 1.54) is 0 Å². The predicted octanol–water partition coefficient (Wildman–Crippen LogP) is 3.74. The normalized spacial score (nSPS) is 11.0. The van der Waals surface area contributed by atoms with Crippen molar-refractivity contribution < 1.29 is 4.42 Å². The first-order valence-electron chi connectivity index (χ1n) is 7.00. The van der Waals surface area contributed by atoms with Gasteiger partial charge in [0.25, 0.3) is 0 Å². The third-order valence-corrected chi connectivity index (χ3v) is 3.98. The SMILES string of the molecule is CCCNc1nc(N(C)Cc2ccco2)c2ccsc2n1. The van der Waals surface area contributed by atoms with Gasteiger partial charge in [-0.15, -0.1) is 11.3 Å². The van der Waals surface area contributed by atoms with Crippen LogP contribution in [0.1, 0.15) is 19.1 Å². The highest BCUT2D eigenvalue weighted by molar-refractivity contribution is 7.16. The van der Waals surface area contributed by atoms with Crippen LogP contribution in [0.3, 0.4) is 0 Å². The van der Waals surface area contributed by atoms with Crippen LogP contribution in [0.5, 0.6) is 0 Å². The van der Waals surface area contributed by atoms with Gasteiger partial charge in [0.15, 0.2) is 0 Å². The van der Waals surface area contributed by atoms with Crippen molar-refractivity contribution in [2.45, 2.75) is 19.9 Å². The molecule has 110 valence electrons. The van der Waals surface area contributed by atoms with E-state index in [2.05, 4.69) is 33.2 Å². The topological polar surface area (TPSA) is 54.2 Å². The number of hydrogen-bond donors (Lipinski definition) is 1. The molecule has 3 aromatic heterocycles. The number of anilines is 2. The summed E-state index contributed by atoms with van der Waals surface area (Å²) in [6, 6.07) is 5.94. The highest BCUT2D eigenvalue weighted by atomic mass is 32.1. The Bertz CT molecular complexity index is 708. The fraction of sp³-hybridized carbons (Fsp3) is 0.333. The molecule has 5 nitrogen and oxygen atoms in total. The van der Waals surface area contributed by atoms with E-state index in [1.807, 2.05) is 24.6 Å². The van der Waals surface area contributed by atoms with Crippen molar-refractivity contribution in [1.82, 2.24) is 9.97 Å². The number of nitrogens with zero attached hydrogens (tertiary/aromatic N) is 3. The first kappa shape index (κ1) is 13.9. The molecule has 0 radical (unpaired) electrons. The Balaban J connectivity index is 1.93. The molecule has 0 aromatic carbocycles. The largest absolute Gasteiger partial charge is 0.467 e. The third kappa shape index (κ3) is 3.00. The Morgan fingerprint density at radius 2 is 2.24 bits per heavy atom. The summed E-state index contributed by atoms with van der Waals surface area (Å²) in [5.74, 6) is 2.53. The molecule has 0 aliphatic carbocycles. The molecule has 0 amide bonds. The lowest BCUT2D eigenvalue weighted by molar-refractivity contribution is 0.507. The first-order valence-corrected chi connectivity index (χ1v) is 7.88. The van der Waals surface area contributed by atoms with Crippen LogP contribution in [0.15, 0.2) is 34.3 Å². The first-order chi connectivity index (χ1) is 10.3. The highest BCUT2D eigenvalue weighted by Gasteiger charge is 2.13. The van der Waals surface area contributed by atoms with Crippen molar-refractivity contribution in [1.29, 1.82) is 0 Å². The summed E-state index contributed by atoms with van der Waals surface area (Å²) in [5.41, 5.74) is 0. The van der Waals surface area contributed by atoms with E-state index in [0.29, 0.717) is 12.5 Å². The average molecular weight is 302 g/mol. The minimum Gasteiger partial charge on any atom is -0.467 e. The molecule has 0 fully saturated rings. The van der Waals surface area contributed by atoms with E-state index >= 15 is 0 Å². The van der Waals surface area contributed by atoms with Crippen molar-refractivity contribution in [3.8, 4) is 0 Å². The van der Waals surface area contributed by atoms with Crippen molar-refractivity contribution in [3.63, 3.8) is 0 Å². The molecule has 0 bridgehead atoms. The molecule has 0 saturated heterocycles. The van der Waals surface area contributed by atoms with E-state index < -0.39 is 0 Å². The van der Waals surface area contributed by atoms with Gasteiger partial charge in [-0.05, 0) is 30.0 Å². The molecular weight excluding hydrogens is 284 g/mol. The van der Waals surface area contributed by atoms with E-state index in [0.717, 1.165) is 34.8 Å². The summed E-state index contributed by atoms with van der Waals surface area (Å²) in [6.07, 6.45) is 2.74. The number of hydrogen-bond acceptors (Lipinski definition) is 6. The van der Waals surface area contributed by atoms with Gasteiger partial charge in [-0.3, -0.25) is 0 Å². The monoisotopic (exact) mass is 302 g/mol. The molecule has 1 N–H and O–H groups in total. The molecule has 0 spiro atoms. The second-order valence-corrected chi connectivity index (χ2v) is 5.77. The minimum atomic E-state index is 0.683. The lowest BCUT2D eigenvalue weighted by atomic mass is 10.3. The maximum Gasteiger partial charge on any atom is 0.226 e. The third-order valence-electron chi connectivity index (χ3n) is 3.17. The van der Waals surface area contributed by atoms with Gasteiger partial charge in [0.1, 0.15) is 16.4 Å². The van der Waals surface area contributed by atoms with Crippen molar-refractivity contribution in [3.05, 3.63) is 35.6 Å². The van der Waals surface area contributed by atoms with Crippen LogP contribution in [0.4, 0.5) is 11.8 Å². The second kappa shape index (κ2) is 6.13. The Morgan fingerprint density at radius 3 is 3.00 bits per heavy atom. The van der Waals surface area contributed by atoms with E-state index in [-0.39, 0.29) is 0 Å². The molecule has 21 heavy (non-hydrogen) atoms. The number of aromatic nitrogens is 2. The van der Waals surface area contributed by atoms with Gasteiger partial charge in [0, 0.05) is 13.6 Å². The molecule has 0 atom stereocenters. The second-order valence-electron chi connectivity index (χ2n) is 4.87. The van der Waals surface area contributed by atoms with Crippen molar-refractivity contribution in [2.75, 3.05) is 23.8 Å². The number of nitrogens with one attached hydrogen (secondary N) is 1. The van der Waals surface area contributed by atoms with Crippen LogP contribution in [-0.4, -0.2) is 23.6 Å². The van der Waals surface area contributed by atoms with Crippen LogP contribution < -0.4 is 10.2 Å². The number of thiophene rings is 1. The molecule has 0 aliphatic rings. The predicted molar refractivity (Wildman–Crippen MR) is 87.0 cm³/mol. The summed E-state index contributed by atoms with van der Waals surface area (Å²) >= 11 is 1.63. The lowest BCUT2D eigenvalue weighted by Gasteiger charge is -2.18. The zero-order chi connectivity index (χ0) is 14.7. The standard InChI is InChI=1S/C15H18N4OS/c1-3-7-16-15-17-13(12-6-9-21-14(12)18-15)19(2)10-11-5-4-8-20-11/h4-6,8-9H,3,7,10H2,1-2H3,(H,16,17,18). The van der Waals surface area contributed by atoms with Crippen molar-refractivity contribution >= 4 is 33.3 Å². The molecule has 3 aromatic rings. The number of rotatable bonds is 6. The molecule has 3 rings (SSSR count). The Morgan fingerprint density at radius 1 is 1.33 bits per heavy atom. The summed E-state index contributed by atoms with van der Waals surface area (Å²) in [5, 5.41) is 6.39. The maximum absolute atomic E-state index is 5.42. The van der Waals surface area contributed by atoms with Gasteiger partial charge in [-0.25, -0.2) is 4.98 Å². The molecule has 3 heterocycles. The van der Waals surface area contributed by atoms with Crippen LogP contribution in [0, 0.1) is 0 Å². The zero-order valence-corrected chi connectivity index (χ0v) is 13.0. The van der Waals surface area contributed by atoms with Gasteiger partial charge in [0.2, 0.25) is 5.95 Å². The quantitative estimate of drug-likeness (QED) is 0.751. The van der Waals surface area contributed by atoms with Crippen LogP contribution in [-0.2, 0) is 6.54 Å². The molecule has 0 aliphatic heterocycles. The van der Waals surface area contributed by atoms with Crippen LogP contribution in [0.2, 0.25) is 0 Å². The number of fused-ring (bicyclic) bond motifs is 1. The lowest BCUT2D eigenvalue weighted by Crippen LogP contribution is -2.18. The van der Waals surface area contributed by atoms with Gasteiger partial charge in [0.05, 0.1) is 18.2 Å². The Labute approximate surface area is 127 Å². The minimum absolute atomic E-state index is 0.683. The van der Waals surface area contributed by atoms with E-state index in [4.69, 9.17) is 4.42 Å². The maximum atomic E-state index is 5.42. The van der Waals surface area contributed by atoms with Gasteiger partial charge >= 0.3 is 0 Å².